The van der Waals surface area contributed by atoms with Gasteiger partial charge in [0.15, 0.2) is 0 Å². The number of aliphatic hydroxyl groups is 1. The third-order valence-electron chi connectivity index (χ3n) is 4.18. The molecule has 4 nitrogen and oxygen atoms in total. The highest BCUT2D eigenvalue weighted by molar-refractivity contribution is 5.76. The summed E-state index contributed by atoms with van der Waals surface area (Å²) in [5.74, 6) is 0.514. The predicted octanol–water partition coefficient (Wildman–Crippen LogP) is -0.199. The van der Waals surface area contributed by atoms with Gasteiger partial charge in [0, 0.05) is 18.9 Å². The van der Waals surface area contributed by atoms with E-state index in [-0.39, 0.29) is 23.9 Å². The lowest BCUT2D eigenvalue weighted by molar-refractivity contribution is -0.144. The lowest BCUT2D eigenvalue weighted by atomic mass is 9.78. The van der Waals surface area contributed by atoms with Crippen LogP contribution >= 0.6 is 0 Å². The number of cyclic esters (lactones) is 1. The van der Waals surface area contributed by atoms with Crippen LogP contribution < -0.4 is 0 Å². The zero-order valence-corrected chi connectivity index (χ0v) is 8.05. The molecule has 78 valence electrons. The Hall–Kier alpha value is -0.610. The maximum atomic E-state index is 11.4. The molecule has 6 atom stereocenters. The van der Waals surface area contributed by atoms with Crippen molar-refractivity contribution in [2.45, 2.75) is 18.6 Å². The van der Waals surface area contributed by atoms with E-state index in [1.165, 1.54) is 0 Å². The van der Waals surface area contributed by atoms with Crippen LogP contribution in [0.5, 0.6) is 0 Å². The first-order valence-electron chi connectivity index (χ1n) is 5.11. The summed E-state index contributed by atoms with van der Waals surface area (Å²) in [5.41, 5.74) is 0. The highest BCUT2D eigenvalue weighted by Gasteiger charge is 2.63. The van der Waals surface area contributed by atoms with Gasteiger partial charge in [0.25, 0.3) is 0 Å². The molecule has 0 spiro atoms. The average Bonchev–Trinajstić information content (AvgIpc) is 2.77. The van der Waals surface area contributed by atoms with Crippen LogP contribution in [0.1, 0.15) is 6.42 Å². The van der Waals surface area contributed by atoms with Crippen LogP contribution in [0.4, 0.5) is 0 Å². The lowest BCUT2D eigenvalue weighted by Crippen LogP contribution is -2.43. The van der Waals surface area contributed by atoms with Crippen LogP contribution in [-0.2, 0) is 14.3 Å². The van der Waals surface area contributed by atoms with Crippen LogP contribution in [0.15, 0.2) is 0 Å². The molecule has 0 aromatic heterocycles. The number of hydrogen-bond donors (Lipinski definition) is 1. The van der Waals surface area contributed by atoms with Crippen LogP contribution in [0.25, 0.3) is 0 Å². The molecule has 1 aliphatic heterocycles. The normalized spacial score (nSPS) is 54.9. The van der Waals surface area contributed by atoms with E-state index in [0.29, 0.717) is 18.4 Å². The Morgan fingerprint density at radius 1 is 1.43 bits per heavy atom. The minimum atomic E-state index is -0.475. The molecule has 2 saturated carbocycles. The van der Waals surface area contributed by atoms with E-state index < -0.39 is 6.10 Å². The van der Waals surface area contributed by atoms with E-state index in [0.717, 1.165) is 6.42 Å². The molecular weight excluding hydrogens is 184 g/mol. The van der Waals surface area contributed by atoms with E-state index >= 15 is 0 Å². The second-order valence-electron chi connectivity index (χ2n) is 4.57. The van der Waals surface area contributed by atoms with Gasteiger partial charge in [-0.3, -0.25) is 4.79 Å². The summed E-state index contributed by atoms with van der Waals surface area (Å²) in [5, 5.41) is 9.91. The fraction of sp³-hybridized carbons (Fsp3) is 0.900. The molecule has 0 unspecified atom stereocenters. The zero-order chi connectivity index (χ0) is 9.87. The van der Waals surface area contributed by atoms with Crippen molar-refractivity contribution in [3.05, 3.63) is 0 Å². The van der Waals surface area contributed by atoms with E-state index in [2.05, 4.69) is 0 Å². The van der Waals surface area contributed by atoms with Gasteiger partial charge in [-0.2, -0.15) is 0 Å². The summed E-state index contributed by atoms with van der Waals surface area (Å²) >= 11 is 0. The van der Waals surface area contributed by atoms with Gasteiger partial charge in [0.1, 0.15) is 0 Å². The monoisotopic (exact) mass is 198 g/mol. The molecule has 1 heterocycles. The SMILES string of the molecule is CO[C@@H]1[C@H](O)[C@H]2C[C@H]1[C@H]1COC(=O)[C@@H]21. The molecule has 0 aromatic carbocycles. The summed E-state index contributed by atoms with van der Waals surface area (Å²) in [4.78, 5) is 11.4. The van der Waals surface area contributed by atoms with Crippen LogP contribution in [-0.4, -0.2) is 37.0 Å². The first-order valence-corrected chi connectivity index (χ1v) is 5.11. The van der Waals surface area contributed by atoms with E-state index in [1.54, 1.807) is 7.11 Å². The second-order valence-corrected chi connectivity index (χ2v) is 4.57. The molecule has 1 N–H and O–H groups in total. The first kappa shape index (κ1) is 8.68. The summed E-state index contributed by atoms with van der Waals surface area (Å²) in [6, 6.07) is 0. The number of fused-ring (bicyclic) bond motifs is 5. The Kier molecular flexibility index (Phi) is 1.67. The van der Waals surface area contributed by atoms with Crippen molar-refractivity contribution in [1.82, 2.24) is 0 Å². The molecule has 4 heteroatoms. The van der Waals surface area contributed by atoms with Gasteiger partial charge in [0.05, 0.1) is 24.7 Å². The van der Waals surface area contributed by atoms with Crippen molar-refractivity contribution in [3.8, 4) is 0 Å². The number of esters is 1. The van der Waals surface area contributed by atoms with Crippen molar-refractivity contribution in [2.24, 2.45) is 23.7 Å². The Labute approximate surface area is 82.2 Å². The molecule has 14 heavy (non-hydrogen) atoms. The second kappa shape index (κ2) is 2.70. The molecule has 3 fully saturated rings. The molecule has 3 aliphatic rings. The summed E-state index contributed by atoms with van der Waals surface area (Å²) < 4.78 is 10.3. The zero-order valence-electron chi connectivity index (χ0n) is 8.05. The smallest absolute Gasteiger partial charge is 0.309 e. The Bertz CT molecular complexity index is 277. The van der Waals surface area contributed by atoms with Gasteiger partial charge in [-0.25, -0.2) is 0 Å². The largest absolute Gasteiger partial charge is 0.465 e. The Morgan fingerprint density at radius 3 is 2.93 bits per heavy atom. The highest BCUT2D eigenvalue weighted by Crippen LogP contribution is 2.55. The first-order chi connectivity index (χ1) is 6.74. The number of carbonyl (C=O) groups is 1. The summed E-state index contributed by atoms with van der Waals surface area (Å²) in [6.07, 6.45) is 0.358. The van der Waals surface area contributed by atoms with Gasteiger partial charge in [-0.15, -0.1) is 0 Å². The molecular formula is C10H14O4. The standard InChI is InChI=1S/C10H14O4/c1-13-9-4-2-5(8(9)11)7-6(4)3-14-10(7)12/h4-9,11H,2-3H2,1H3/t4-,5-,6+,7-,8+,9-/m0/s1. The highest BCUT2D eigenvalue weighted by atomic mass is 16.5. The fourth-order valence-corrected chi connectivity index (χ4v) is 3.61. The van der Waals surface area contributed by atoms with Crippen molar-refractivity contribution >= 4 is 5.97 Å². The average molecular weight is 198 g/mol. The number of ether oxygens (including phenoxy) is 2. The molecule has 0 aromatic rings. The quantitative estimate of drug-likeness (QED) is 0.593. The van der Waals surface area contributed by atoms with Crippen molar-refractivity contribution in [1.29, 1.82) is 0 Å². The van der Waals surface area contributed by atoms with E-state index in [4.69, 9.17) is 9.47 Å². The van der Waals surface area contributed by atoms with Crippen molar-refractivity contribution in [3.63, 3.8) is 0 Å². The van der Waals surface area contributed by atoms with Gasteiger partial charge in [-0.1, -0.05) is 0 Å². The topological polar surface area (TPSA) is 55.8 Å². The molecule has 0 amide bonds. The summed E-state index contributed by atoms with van der Waals surface area (Å²) in [7, 11) is 1.63. The number of carbonyl (C=O) groups excluding carboxylic acids is 1. The Balaban J connectivity index is 1.92. The number of aliphatic hydroxyl groups excluding tert-OH is 1. The minimum absolute atomic E-state index is 0.0543. The third kappa shape index (κ3) is 0.834. The summed E-state index contributed by atoms with van der Waals surface area (Å²) in [6.45, 7) is 0.525. The van der Waals surface area contributed by atoms with Crippen LogP contribution in [0.3, 0.4) is 0 Å². The van der Waals surface area contributed by atoms with Crippen LogP contribution in [0, 0.1) is 23.7 Å². The predicted molar refractivity (Wildman–Crippen MR) is 46.3 cm³/mol. The van der Waals surface area contributed by atoms with E-state index in [9.17, 15) is 9.90 Å². The van der Waals surface area contributed by atoms with Gasteiger partial charge >= 0.3 is 5.97 Å². The van der Waals surface area contributed by atoms with Gasteiger partial charge in [0.2, 0.25) is 0 Å². The van der Waals surface area contributed by atoms with Gasteiger partial charge < -0.3 is 14.6 Å². The maximum absolute atomic E-state index is 11.4. The number of methoxy groups -OCH3 is 1. The lowest BCUT2D eigenvalue weighted by Gasteiger charge is -2.31. The molecule has 1 saturated heterocycles. The van der Waals surface area contributed by atoms with E-state index in [1.807, 2.05) is 0 Å². The van der Waals surface area contributed by atoms with Crippen molar-refractivity contribution < 1.29 is 19.4 Å². The molecule has 3 rings (SSSR count). The molecule has 2 aliphatic carbocycles. The Morgan fingerprint density at radius 2 is 2.21 bits per heavy atom. The van der Waals surface area contributed by atoms with Gasteiger partial charge in [-0.05, 0) is 12.3 Å². The molecule has 0 radical (unpaired) electrons. The van der Waals surface area contributed by atoms with Crippen LogP contribution in [0.2, 0.25) is 0 Å². The fourth-order valence-electron chi connectivity index (χ4n) is 3.61. The van der Waals surface area contributed by atoms with Crippen molar-refractivity contribution in [2.75, 3.05) is 13.7 Å². The maximum Gasteiger partial charge on any atom is 0.309 e. The number of hydrogen-bond acceptors (Lipinski definition) is 4. The minimum Gasteiger partial charge on any atom is -0.465 e. The number of rotatable bonds is 1. The molecule has 2 bridgehead atoms. The third-order valence-corrected chi connectivity index (χ3v) is 4.18.